The molecular weight excluding hydrogens is 214 g/mol. The van der Waals surface area contributed by atoms with Crippen LogP contribution in [-0.4, -0.2) is 19.6 Å². The highest BCUT2D eigenvalue weighted by atomic mass is 15.3. The normalized spacial score (nSPS) is 10.9. The van der Waals surface area contributed by atoms with Crippen LogP contribution in [0.5, 0.6) is 0 Å². The number of nitrogens with two attached hydrogens (primary N) is 1. The van der Waals surface area contributed by atoms with Crippen molar-refractivity contribution in [3.63, 3.8) is 0 Å². The van der Waals surface area contributed by atoms with Gasteiger partial charge >= 0.3 is 0 Å². The number of hydrogen-bond donors (Lipinski definition) is 1. The number of fused-ring (bicyclic) bond motifs is 1. The highest BCUT2D eigenvalue weighted by Gasteiger charge is 2.09. The monoisotopic (exact) mass is 225 g/mol. The molecule has 0 spiro atoms. The molecule has 84 valence electrons. The molecule has 17 heavy (non-hydrogen) atoms. The van der Waals surface area contributed by atoms with Crippen LogP contribution in [-0.2, 0) is 0 Å². The van der Waals surface area contributed by atoms with E-state index in [1.54, 1.807) is 10.7 Å². The minimum Gasteiger partial charge on any atom is -0.396 e. The van der Waals surface area contributed by atoms with Gasteiger partial charge in [0.05, 0.1) is 5.69 Å². The van der Waals surface area contributed by atoms with E-state index < -0.39 is 0 Å². The number of anilines is 1. The first-order valence-corrected chi connectivity index (χ1v) is 5.28. The summed E-state index contributed by atoms with van der Waals surface area (Å²) in [5, 5.41) is 4.37. The largest absolute Gasteiger partial charge is 0.396 e. The summed E-state index contributed by atoms with van der Waals surface area (Å²) in [4.78, 5) is 8.61. The lowest BCUT2D eigenvalue weighted by molar-refractivity contribution is 0.954. The zero-order valence-electron chi connectivity index (χ0n) is 9.33. The van der Waals surface area contributed by atoms with Gasteiger partial charge in [-0.15, -0.1) is 5.10 Å². The predicted octanol–water partition coefficient (Wildman–Crippen LogP) is 1.68. The fraction of sp³-hybridized carbons (Fsp3) is 0.0833. The third kappa shape index (κ3) is 1.61. The molecule has 0 saturated carbocycles. The average molecular weight is 225 g/mol. The Morgan fingerprint density at radius 3 is 2.94 bits per heavy atom. The van der Waals surface area contributed by atoms with Crippen molar-refractivity contribution in [1.29, 1.82) is 0 Å². The lowest BCUT2D eigenvalue weighted by atomic mass is 10.3. The van der Waals surface area contributed by atoms with Crippen molar-refractivity contribution < 1.29 is 0 Å². The van der Waals surface area contributed by atoms with Crippen LogP contribution in [0.3, 0.4) is 0 Å². The van der Waals surface area contributed by atoms with Gasteiger partial charge in [0.2, 0.25) is 5.82 Å². The van der Waals surface area contributed by atoms with Gasteiger partial charge in [-0.3, -0.25) is 4.98 Å². The van der Waals surface area contributed by atoms with Crippen molar-refractivity contribution in [2.75, 3.05) is 5.73 Å². The summed E-state index contributed by atoms with van der Waals surface area (Å²) >= 11 is 0. The Labute approximate surface area is 97.9 Å². The van der Waals surface area contributed by atoms with Crippen molar-refractivity contribution >= 4 is 11.3 Å². The van der Waals surface area contributed by atoms with Crippen LogP contribution < -0.4 is 5.73 Å². The molecule has 5 heteroatoms. The first-order chi connectivity index (χ1) is 8.24. The molecule has 0 amide bonds. The zero-order valence-corrected chi connectivity index (χ0v) is 9.33. The standard InChI is InChI=1S/C12H11N5/c1-8-6-9(13)12-15-11(16-17(12)7-8)10-4-2-3-5-14-10/h2-7H,13H2,1H3. The maximum Gasteiger partial charge on any atom is 0.200 e. The quantitative estimate of drug-likeness (QED) is 0.684. The van der Waals surface area contributed by atoms with Crippen LogP contribution in [0.2, 0.25) is 0 Å². The number of pyridine rings is 2. The van der Waals surface area contributed by atoms with Gasteiger partial charge in [0.15, 0.2) is 5.65 Å². The molecule has 3 heterocycles. The number of aryl methyl sites for hydroxylation is 1. The van der Waals surface area contributed by atoms with E-state index in [1.165, 1.54) is 0 Å². The third-order valence-corrected chi connectivity index (χ3v) is 2.49. The minimum atomic E-state index is 0.586. The maximum absolute atomic E-state index is 5.90. The molecular formula is C12H11N5. The van der Waals surface area contributed by atoms with Crippen LogP contribution in [0.15, 0.2) is 36.7 Å². The third-order valence-electron chi connectivity index (χ3n) is 2.49. The first-order valence-electron chi connectivity index (χ1n) is 5.28. The second-order valence-electron chi connectivity index (χ2n) is 3.89. The van der Waals surface area contributed by atoms with E-state index in [0.717, 1.165) is 11.3 Å². The van der Waals surface area contributed by atoms with Crippen LogP contribution in [0.4, 0.5) is 5.69 Å². The van der Waals surface area contributed by atoms with Gasteiger partial charge in [-0.05, 0) is 30.7 Å². The lowest BCUT2D eigenvalue weighted by Gasteiger charge is -1.97. The van der Waals surface area contributed by atoms with E-state index in [1.807, 2.05) is 37.4 Å². The average Bonchev–Trinajstić information content (AvgIpc) is 2.74. The molecule has 0 saturated heterocycles. The Balaban J connectivity index is 2.24. The summed E-state index contributed by atoms with van der Waals surface area (Å²) in [6.07, 6.45) is 3.61. The number of aromatic nitrogens is 4. The van der Waals surface area contributed by atoms with Gasteiger partial charge in [0.25, 0.3) is 0 Å². The Morgan fingerprint density at radius 1 is 1.29 bits per heavy atom. The molecule has 0 aliphatic rings. The van der Waals surface area contributed by atoms with E-state index in [0.29, 0.717) is 17.2 Å². The van der Waals surface area contributed by atoms with Crippen LogP contribution >= 0.6 is 0 Å². The molecule has 3 rings (SSSR count). The molecule has 3 aromatic heterocycles. The van der Waals surface area contributed by atoms with Crippen molar-refractivity contribution in [2.24, 2.45) is 0 Å². The SMILES string of the molecule is Cc1cc(N)c2nc(-c3ccccn3)nn2c1. The van der Waals surface area contributed by atoms with Crippen LogP contribution in [0, 0.1) is 6.92 Å². The van der Waals surface area contributed by atoms with Gasteiger partial charge in [-0.2, -0.15) is 0 Å². The van der Waals surface area contributed by atoms with Gasteiger partial charge in [0, 0.05) is 12.4 Å². The summed E-state index contributed by atoms with van der Waals surface area (Å²) in [7, 11) is 0. The summed E-state index contributed by atoms with van der Waals surface area (Å²) in [6.45, 7) is 1.97. The molecule has 0 unspecified atom stereocenters. The second-order valence-corrected chi connectivity index (χ2v) is 3.89. The molecule has 3 aromatic rings. The summed E-state index contributed by atoms with van der Waals surface area (Å²) < 4.78 is 1.69. The van der Waals surface area contributed by atoms with Crippen LogP contribution in [0.25, 0.3) is 17.2 Å². The lowest BCUT2D eigenvalue weighted by Crippen LogP contribution is -1.94. The van der Waals surface area contributed by atoms with Crippen molar-refractivity contribution in [3.05, 3.63) is 42.2 Å². The highest BCUT2D eigenvalue weighted by molar-refractivity contribution is 5.67. The minimum absolute atomic E-state index is 0.586. The van der Waals surface area contributed by atoms with Crippen molar-refractivity contribution in [1.82, 2.24) is 19.6 Å². The molecule has 0 aromatic carbocycles. The van der Waals surface area contributed by atoms with Crippen molar-refractivity contribution in [2.45, 2.75) is 6.92 Å². The number of nitrogens with zero attached hydrogens (tertiary/aromatic N) is 4. The molecule has 0 fully saturated rings. The number of nitrogen functional groups attached to an aromatic ring is 1. The zero-order chi connectivity index (χ0) is 11.8. The topological polar surface area (TPSA) is 69.1 Å². The molecule has 2 N–H and O–H groups in total. The van der Waals surface area contributed by atoms with Gasteiger partial charge < -0.3 is 5.73 Å². The Bertz CT molecular complexity index is 672. The number of hydrogen-bond acceptors (Lipinski definition) is 4. The molecule has 0 radical (unpaired) electrons. The smallest absolute Gasteiger partial charge is 0.200 e. The second kappa shape index (κ2) is 3.55. The first kappa shape index (κ1) is 9.77. The maximum atomic E-state index is 5.90. The Morgan fingerprint density at radius 2 is 2.18 bits per heavy atom. The molecule has 0 atom stereocenters. The van der Waals surface area contributed by atoms with Gasteiger partial charge in [0.1, 0.15) is 5.69 Å². The van der Waals surface area contributed by atoms with E-state index in [9.17, 15) is 0 Å². The fourth-order valence-electron chi connectivity index (χ4n) is 1.75. The Hall–Kier alpha value is -2.43. The van der Waals surface area contributed by atoms with Gasteiger partial charge in [-0.1, -0.05) is 6.07 Å². The predicted molar refractivity (Wildman–Crippen MR) is 65.4 cm³/mol. The van der Waals surface area contributed by atoms with E-state index in [-0.39, 0.29) is 0 Å². The van der Waals surface area contributed by atoms with E-state index in [2.05, 4.69) is 15.1 Å². The molecule has 5 nitrogen and oxygen atoms in total. The number of rotatable bonds is 1. The summed E-state index contributed by atoms with van der Waals surface area (Å²) in [5.74, 6) is 0.586. The molecule has 0 aliphatic carbocycles. The van der Waals surface area contributed by atoms with Crippen LogP contribution in [0.1, 0.15) is 5.56 Å². The Kier molecular flexibility index (Phi) is 2.04. The highest BCUT2D eigenvalue weighted by Crippen LogP contribution is 2.18. The summed E-state index contributed by atoms with van der Waals surface area (Å²) in [5.41, 5.74) is 8.98. The fourth-order valence-corrected chi connectivity index (χ4v) is 1.75. The molecule has 0 bridgehead atoms. The van der Waals surface area contributed by atoms with E-state index >= 15 is 0 Å². The molecule has 0 aliphatic heterocycles. The van der Waals surface area contributed by atoms with E-state index in [4.69, 9.17) is 5.73 Å². The van der Waals surface area contributed by atoms with Gasteiger partial charge in [-0.25, -0.2) is 9.50 Å². The van der Waals surface area contributed by atoms with Crippen molar-refractivity contribution in [3.8, 4) is 11.5 Å². The summed E-state index contributed by atoms with van der Waals surface area (Å²) in [6, 6.07) is 7.52.